The quantitative estimate of drug-likeness (QED) is 0.611. The van der Waals surface area contributed by atoms with E-state index in [0.717, 1.165) is 0 Å². The van der Waals surface area contributed by atoms with Crippen molar-refractivity contribution in [2.45, 2.75) is 20.3 Å². The Bertz CT molecular complexity index is 1010. The lowest BCUT2D eigenvalue weighted by molar-refractivity contribution is -0.151. The largest absolute Gasteiger partial charge is 0.492 e. The second-order valence-corrected chi connectivity index (χ2v) is 7.22. The highest BCUT2D eigenvalue weighted by molar-refractivity contribution is 6.01. The summed E-state index contributed by atoms with van der Waals surface area (Å²) >= 11 is 0. The number of nitrogens with one attached hydrogen (secondary N) is 2. The molecule has 0 saturated carbocycles. The van der Waals surface area contributed by atoms with Gasteiger partial charge in [-0.2, -0.15) is 0 Å². The number of ether oxygens (including phenoxy) is 2. The minimum absolute atomic E-state index is 0.00548. The molecule has 1 heterocycles. The summed E-state index contributed by atoms with van der Waals surface area (Å²) in [7, 11) is 0. The standard InChI is InChI=1S/C23H25N3O6/c1-3-31-20-7-5-4-6-19(20)26-13-16(12-22(26)29)23(30)32-14-21(28)25-18-10-8-17(9-11-18)24-15(2)27/h4-11,16H,3,12-14H2,1-2H3,(H,24,27)(H,25,28)/t16-/m0/s1. The van der Waals surface area contributed by atoms with E-state index in [1.54, 1.807) is 42.5 Å². The van der Waals surface area contributed by atoms with E-state index in [0.29, 0.717) is 29.4 Å². The Morgan fingerprint density at radius 3 is 2.34 bits per heavy atom. The number of nitrogens with zero attached hydrogens (tertiary/aromatic N) is 1. The molecule has 0 aromatic heterocycles. The van der Waals surface area contributed by atoms with Gasteiger partial charge in [0.05, 0.1) is 18.2 Å². The highest BCUT2D eigenvalue weighted by Crippen LogP contribution is 2.33. The zero-order chi connectivity index (χ0) is 23.1. The predicted molar refractivity (Wildman–Crippen MR) is 118 cm³/mol. The van der Waals surface area contributed by atoms with Crippen molar-refractivity contribution in [2.24, 2.45) is 5.92 Å². The van der Waals surface area contributed by atoms with Crippen LogP contribution < -0.4 is 20.3 Å². The molecule has 2 aromatic rings. The van der Waals surface area contributed by atoms with Gasteiger partial charge in [-0.25, -0.2) is 0 Å². The third kappa shape index (κ3) is 5.84. The molecule has 1 atom stereocenters. The van der Waals surface area contributed by atoms with Gasteiger partial charge in [0, 0.05) is 31.3 Å². The van der Waals surface area contributed by atoms with Gasteiger partial charge in [-0.15, -0.1) is 0 Å². The highest BCUT2D eigenvalue weighted by Gasteiger charge is 2.37. The summed E-state index contributed by atoms with van der Waals surface area (Å²) in [4.78, 5) is 49.6. The molecule has 3 amide bonds. The topological polar surface area (TPSA) is 114 Å². The molecule has 0 aliphatic carbocycles. The third-order valence-electron chi connectivity index (χ3n) is 4.75. The van der Waals surface area contributed by atoms with Crippen LogP contribution in [0.5, 0.6) is 5.75 Å². The van der Waals surface area contributed by atoms with E-state index >= 15 is 0 Å². The van der Waals surface area contributed by atoms with Crippen LogP contribution in [0, 0.1) is 5.92 Å². The highest BCUT2D eigenvalue weighted by atomic mass is 16.5. The lowest BCUT2D eigenvalue weighted by atomic mass is 10.1. The van der Waals surface area contributed by atoms with Crippen molar-refractivity contribution in [2.75, 3.05) is 35.3 Å². The lowest BCUT2D eigenvalue weighted by Gasteiger charge is -2.19. The Hall–Kier alpha value is -3.88. The number of anilines is 3. The Morgan fingerprint density at radius 2 is 1.69 bits per heavy atom. The molecule has 0 radical (unpaired) electrons. The van der Waals surface area contributed by atoms with Crippen molar-refractivity contribution in [1.82, 2.24) is 0 Å². The average molecular weight is 439 g/mol. The maximum atomic E-state index is 12.5. The van der Waals surface area contributed by atoms with Crippen LogP contribution in [0.15, 0.2) is 48.5 Å². The maximum Gasteiger partial charge on any atom is 0.311 e. The van der Waals surface area contributed by atoms with E-state index in [-0.39, 0.29) is 24.8 Å². The first kappa shape index (κ1) is 22.8. The van der Waals surface area contributed by atoms with Crippen LogP contribution >= 0.6 is 0 Å². The minimum Gasteiger partial charge on any atom is -0.492 e. The van der Waals surface area contributed by atoms with Crippen LogP contribution in [0.25, 0.3) is 0 Å². The molecule has 2 N–H and O–H groups in total. The molecule has 2 aromatic carbocycles. The number of benzene rings is 2. The monoisotopic (exact) mass is 439 g/mol. The fourth-order valence-electron chi connectivity index (χ4n) is 3.35. The first-order valence-electron chi connectivity index (χ1n) is 10.2. The Balaban J connectivity index is 1.51. The van der Waals surface area contributed by atoms with Gasteiger partial charge in [-0.3, -0.25) is 19.2 Å². The number of rotatable bonds is 8. The molecule has 0 unspecified atom stereocenters. The summed E-state index contributed by atoms with van der Waals surface area (Å²) in [5, 5.41) is 5.24. The smallest absolute Gasteiger partial charge is 0.311 e. The zero-order valence-corrected chi connectivity index (χ0v) is 17.9. The molecule has 0 spiro atoms. The fraction of sp³-hybridized carbons (Fsp3) is 0.304. The molecular formula is C23H25N3O6. The van der Waals surface area contributed by atoms with E-state index in [1.165, 1.54) is 11.8 Å². The summed E-state index contributed by atoms with van der Waals surface area (Å²) in [6, 6.07) is 13.7. The molecule has 0 bridgehead atoms. The van der Waals surface area contributed by atoms with Gasteiger partial charge in [0.1, 0.15) is 5.75 Å². The zero-order valence-electron chi connectivity index (χ0n) is 17.9. The van der Waals surface area contributed by atoms with E-state index in [9.17, 15) is 19.2 Å². The van der Waals surface area contributed by atoms with Gasteiger partial charge in [0.25, 0.3) is 5.91 Å². The van der Waals surface area contributed by atoms with E-state index in [1.807, 2.05) is 13.0 Å². The van der Waals surface area contributed by atoms with E-state index < -0.39 is 24.4 Å². The van der Waals surface area contributed by atoms with Crippen LogP contribution in [0.3, 0.4) is 0 Å². The molecule has 1 saturated heterocycles. The second-order valence-electron chi connectivity index (χ2n) is 7.22. The van der Waals surface area contributed by atoms with Gasteiger partial charge < -0.3 is 25.0 Å². The Kier molecular flexibility index (Phi) is 7.43. The van der Waals surface area contributed by atoms with Crippen LogP contribution in [0.4, 0.5) is 17.1 Å². The Labute approximate surface area is 185 Å². The van der Waals surface area contributed by atoms with Crippen molar-refractivity contribution in [3.8, 4) is 5.75 Å². The summed E-state index contributed by atoms with van der Waals surface area (Å²) < 4.78 is 10.7. The van der Waals surface area contributed by atoms with Gasteiger partial charge in [0.2, 0.25) is 11.8 Å². The first-order chi connectivity index (χ1) is 15.4. The number of amides is 3. The first-order valence-corrected chi connectivity index (χ1v) is 10.2. The summed E-state index contributed by atoms with van der Waals surface area (Å²) in [6.45, 7) is 3.40. The van der Waals surface area contributed by atoms with Crippen LogP contribution in [-0.2, 0) is 23.9 Å². The molecule has 1 fully saturated rings. The molecule has 1 aliphatic heterocycles. The molecule has 168 valence electrons. The molecule has 32 heavy (non-hydrogen) atoms. The number of carbonyl (C=O) groups excluding carboxylic acids is 4. The predicted octanol–water partition coefficient (Wildman–Crippen LogP) is 2.58. The van der Waals surface area contributed by atoms with E-state index in [2.05, 4.69) is 10.6 Å². The van der Waals surface area contributed by atoms with Crippen molar-refractivity contribution in [3.05, 3.63) is 48.5 Å². The molecular weight excluding hydrogens is 414 g/mol. The van der Waals surface area contributed by atoms with Gasteiger partial charge in [0.15, 0.2) is 6.61 Å². The van der Waals surface area contributed by atoms with Gasteiger partial charge in [-0.1, -0.05) is 12.1 Å². The van der Waals surface area contributed by atoms with Gasteiger partial charge in [-0.05, 0) is 43.3 Å². The molecule has 9 nitrogen and oxygen atoms in total. The van der Waals surface area contributed by atoms with Crippen molar-refractivity contribution in [1.29, 1.82) is 0 Å². The second kappa shape index (κ2) is 10.4. The maximum absolute atomic E-state index is 12.5. The van der Waals surface area contributed by atoms with Crippen molar-refractivity contribution < 1.29 is 28.7 Å². The fourth-order valence-corrected chi connectivity index (χ4v) is 3.35. The summed E-state index contributed by atoms with van der Waals surface area (Å²) in [6.07, 6.45) is 0.00548. The number of para-hydroxylation sites is 2. The molecule has 3 rings (SSSR count). The lowest BCUT2D eigenvalue weighted by Crippen LogP contribution is -2.28. The minimum atomic E-state index is -0.665. The molecule has 9 heteroatoms. The molecule has 1 aliphatic rings. The van der Waals surface area contributed by atoms with Crippen molar-refractivity contribution in [3.63, 3.8) is 0 Å². The normalized spacial score (nSPS) is 15.2. The average Bonchev–Trinajstić information content (AvgIpc) is 3.15. The number of carbonyl (C=O) groups is 4. The van der Waals surface area contributed by atoms with Crippen molar-refractivity contribution >= 4 is 40.8 Å². The van der Waals surface area contributed by atoms with Crippen LogP contribution in [0.1, 0.15) is 20.3 Å². The van der Waals surface area contributed by atoms with Crippen LogP contribution in [-0.4, -0.2) is 43.4 Å². The summed E-state index contributed by atoms with van der Waals surface area (Å²) in [5.74, 6) is -1.61. The van der Waals surface area contributed by atoms with Gasteiger partial charge >= 0.3 is 5.97 Å². The number of hydrogen-bond acceptors (Lipinski definition) is 6. The van der Waals surface area contributed by atoms with Crippen LogP contribution in [0.2, 0.25) is 0 Å². The summed E-state index contributed by atoms with van der Waals surface area (Å²) in [5.41, 5.74) is 1.70. The van der Waals surface area contributed by atoms with E-state index in [4.69, 9.17) is 9.47 Å². The Morgan fingerprint density at radius 1 is 1.03 bits per heavy atom. The SMILES string of the molecule is CCOc1ccccc1N1C[C@@H](C(=O)OCC(=O)Nc2ccc(NC(C)=O)cc2)CC1=O. The number of esters is 1. The number of hydrogen-bond donors (Lipinski definition) is 2. The third-order valence-corrected chi connectivity index (χ3v) is 4.75.